The number of nitrogens with zero attached hydrogens (tertiary/aromatic N) is 2. The molecular weight excluding hydrogens is 543 g/mol. The van der Waals surface area contributed by atoms with Crippen molar-refractivity contribution in [3.8, 4) is 0 Å². The molecule has 0 saturated carbocycles. The van der Waals surface area contributed by atoms with E-state index < -0.39 is 25.9 Å². The summed E-state index contributed by atoms with van der Waals surface area (Å²) in [6.45, 7) is 2.11. The second-order valence-corrected chi connectivity index (χ2v) is 13.5. The van der Waals surface area contributed by atoms with E-state index in [4.69, 9.17) is 34.8 Å². The van der Waals surface area contributed by atoms with Crippen molar-refractivity contribution in [2.75, 3.05) is 28.9 Å². The molecule has 1 unspecified atom stereocenters. The highest BCUT2D eigenvalue weighted by Gasteiger charge is 2.31. The van der Waals surface area contributed by atoms with E-state index in [-0.39, 0.29) is 52.5 Å². The molecule has 0 spiro atoms. The van der Waals surface area contributed by atoms with Gasteiger partial charge in [0, 0.05) is 35.6 Å². The van der Waals surface area contributed by atoms with Crippen LogP contribution in [0, 0.1) is 0 Å². The first-order valence-electron chi connectivity index (χ1n) is 10.6. The predicted octanol–water partition coefficient (Wildman–Crippen LogP) is 4.66. The van der Waals surface area contributed by atoms with Crippen LogP contribution in [0.4, 0.5) is 5.69 Å². The fraction of sp³-hybridized carbons (Fsp3) is 0.409. The fourth-order valence-corrected chi connectivity index (χ4v) is 7.21. The molecule has 0 radical (unpaired) electrons. The lowest BCUT2D eigenvalue weighted by Crippen LogP contribution is -2.43. The lowest BCUT2D eigenvalue weighted by atomic mass is 10.1. The van der Waals surface area contributed by atoms with Crippen LogP contribution in [0.15, 0.2) is 47.4 Å². The maximum Gasteiger partial charge on any atom is 0.264 e. The van der Waals surface area contributed by atoms with E-state index in [2.05, 4.69) is 0 Å². The first-order valence-corrected chi connectivity index (χ1v) is 15.0. The summed E-state index contributed by atoms with van der Waals surface area (Å²) in [5.41, 5.74) is 0.240. The summed E-state index contributed by atoms with van der Waals surface area (Å²) in [5, 5.41) is 0.959. The molecule has 0 aromatic heterocycles. The maximum absolute atomic E-state index is 13.6. The van der Waals surface area contributed by atoms with Crippen LogP contribution in [0.2, 0.25) is 15.1 Å². The zero-order valence-electron chi connectivity index (χ0n) is 18.5. The maximum atomic E-state index is 13.6. The van der Waals surface area contributed by atoms with Crippen molar-refractivity contribution in [3.63, 3.8) is 0 Å². The van der Waals surface area contributed by atoms with Crippen LogP contribution >= 0.6 is 34.8 Å². The van der Waals surface area contributed by atoms with Crippen LogP contribution in [0.1, 0.15) is 26.2 Å². The van der Waals surface area contributed by atoms with Gasteiger partial charge in [-0.2, -0.15) is 0 Å². The van der Waals surface area contributed by atoms with E-state index in [1.54, 1.807) is 17.9 Å². The summed E-state index contributed by atoms with van der Waals surface area (Å²) in [5.74, 6) is -0.208. The molecule has 12 heteroatoms. The molecule has 2 aromatic carbocycles. The summed E-state index contributed by atoms with van der Waals surface area (Å²) in [7, 11) is -7.10. The molecule has 2 aromatic rings. The average Bonchev–Trinajstić information content (AvgIpc) is 2.76. The first kappa shape index (κ1) is 27.1. The lowest BCUT2D eigenvalue weighted by molar-refractivity contribution is -0.131. The van der Waals surface area contributed by atoms with Crippen molar-refractivity contribution in [1.82, 2.24) is 4.90 Å². The van der Waals surface area contributed by atoms with E-state index in [1.807, 2.05) is 0 Å². The zero-order valence-corrected chi connectivity index (χ0v) is 22.4. The number of benzene rings is 2. The molecule has 7 nitrogen and oxygen atoms in total. The van der Waals surface area contributed by atoms with Crippen LogP contribution in [-0.2, 0) is 24.7 Å². The first-order chi connectivity index (χ1) is 15.9. The average molecular weight is 568 g/mol. The Bertz CT molecular complexity index is 1240. The van der Waals surface area contributed by atoms with Gasteiger partial charge in [-0.15, -0.1) is 0 Å². The van der Waals surface area contributed by atoms with Gasteiger partial charge in [0.25, 0.3) is 10.0 Å². The molecule has 1 fully saturated rings. The molecule has 1 aliphatic heterocycles. The number of hydrogen-bond acceptors (Lipinski definition) is 5. The summed E-state index contributed by atoms with van der Waals surface area (Å²) in [6.07, 6.45) is 0.962. The van der Waals surface area contributed by atoms with Gasteiger partial charge in [-0.25, -0.2) is 16.8 Å². The third-order valence-corrected chi connectivity index (χ3v) is 9.98. The van der Waals surface area contributed by atoms with Crippen molar-refractivity contribution < 1.29 is 21.6 Å². The van der Waals surface area contributed by atoms with Crippen molar-refractivity contribution in [1.29, 1.82) is 0 Å². The second kappa shape index (κ2) is 11.0. The van der Waals surface area contributed by atoms with E-state index in [9.17, 15) is 21.6 Å². The summed E-state index contributed by atoms with van der Waals surface area (Å²) in [6, 6.07) is 9.88. The highest BCUT2D eigenvalue weighted by molar-refractivity contribution is 7.93. The van der Waals surface area contributed by atoms with Crippen LogP contribution in [0.3, 0.4) is 0 Å². The van der Waals surface area contributed by atoms with Gasteiger partial charge < -0.3 is 4.90 Å². The number of carbonyl (C=O) groups excluding carboxylic acids is 1. The molecule has 186 valence electrons. The molecule has 1 aliphatic rings. The van der Waals surface area contributed by atoms with Crippen molar-refractivity contribution in [2.24, 2.45) is 0 Å². The van der Waals surface area contributed by atoms with Gasteiger partial charge >= 0.3 is 0 Å². The van der Waals surface area contributed by atoms with E-state index in [1.165, 1.54) is 40.7 Å². The lowest BCUT2D eigenvalue weighted by Gasteiger charge is -2.32. The van der Waals surface area contributed by atoms with Gasteiger partial charge in [-0.1, -0.05) is 34.8 Å². The third-order valence-electron chi connectivity index (χ3n) is 5.63. The number of halogens is 3. The van der Waals surface area contributed by atoms with Gasteiger partial charge in [0.2, 0.25) is 5.91 Å². The Morgan fingerprint density at radius 2 is 1.62 bits per heavy atom. The second-order valence-electron chi connectivity index (χ2n) is 8.12. The Labute approximate surface area is 215 Å². The smallest absolute Gasteiger partial charge is 0.264 e. The minimum atomic E-state index is -4.02. The Balaban J connectivity index is 1.79. The Morgan fingerprint density at radius 3 is 2.24 bits per heavy atom. The Hall–Kier alpha value is -1.52. The van der Waals surface area contributed by atoms with Gasteiger partial charge in [0.15, 0.2) is 9.84 Å². The number of rotatable bonds is 8. The van der Waals surface area contributed by atoms with Crippen molar-refractivity contribution in [3.05, 3.63) is 57.5 Å². The molecule has 0 bridgehead atoms. The number of hydrogen-bond donors (Lipinski definition) is 0. The molecule has 3 rings (SSSR count). The summed E-state index contributed by atoms with van der Waals surface area (Å²) >= 11 is 18.4. The fourth-order valence-electron chi connectivity index (χ4n) is 3.76. The number of sulfonamides is 1. The molecule has 1 amide bonds. The molecule has 0 aliphatic carbocycles. The van der Waals surface area contributed by atoms with Gasteiger partial charge in [0.05, 0.1) is 27.1 Å². The topological polar surface area (TPSA) is 91.8 Å². The highest BCUT2D eigenvalue weighted by atomic mass is 35.5. The normalized spacial score (nSPS) is 16.8. The third kappa shape index (κ3) is 6.57. The predicted molar refractivity (Wildman–Crippen MR) is 136 cm³/mol. The molecule has 1 atom stereocenters. The molecular formula is C22H25Cl3N2O5S2. The quantitative estimate of drug-likeness (QED) is 0.463. The number of sulfone groups is 1. The summed E-state index contributed by atoms with van der Waals surface area (Å²) < 4.78 is 51.6. The largest absolute Gasteiger partial charge is 0.341 e. The van der Waals surface area contributed by atoms with E-state index >= 15 is 0 Å². The Kier molecular flexibility index (Phi) is 8.79. The minimum Gasteiger partial charge on any atom is -0.341 e. The molecule has 1 heterocycles. The number of amides is 1. The van der Waals surface area contributed by atoms with E-state index in [0.717, 1.165) is 0 Å². The minimum absolute atomic E-state index is 0.0322. The van der Waals surface area contributed by atoms with Gasteiger partial charge in [-0.3, -0.25) is 9.10 Å². The van der Waals surface area contributed by atoms with Crippen molar-refractivity contribution >= 4 is 66.3 Å². The van der Waals surface area contributed by atoms with Gasteiger partial charge in [0.1, 0.15) is 0 Å². The number of carbonyl (C=O) groups is 1. The standard InChI is InChI=1S/C22H25Cl3N2O5S2/c1-16(3-2-4-22(28)26-11-13-33(29,30)14-12-26)27(21-15-18(24)7-10-20(21)25)34(31,32)19-8-5-17(23)6-9-19/h5-10,15-16H,2-4,11-14H2,1H3. The summed E-state index contributed by atoms with van der Waals surface area (Å²) in [4.78, 5) is 14.1. The molecule has 0 N–H and O–H groups in total. The van der Waals surface area contributed by atoms with Crippen LogP contribution in [-0.4, -0.2) is 58.3 Å². The van der Waals surface area contributed by atoms with E-state index in [0.29, 0.717) is 22.9 Å². The SMILES string of the molecule is CC(CCCC(=O)N1CCS(=O)(=O)CC1)N(c1cc(Cl)ccc1Cl)S(=O)(=O)c1ccc(Cl)cc1. The number of anilines is 1. The van der Waals surface area contributed by atoms with Gasteiger partial charge in [-0.05, 0) is 62.2 Å². The van der Waals surface area contributed by atoms with Crippen LogP contribution < -0.4 is 4.31 Å². The monoisotopic (exact) mass is 566 g/mol. The van der Waals surface area contributed by atoms with Crippen LogP contribution in [0.25, 0.3) is 0 Å². The molecule has 1 saturated heterocycles. The Morgan fingerprint density at radius 1 is 1.03 bits per heavy atom. The van der Waals surface area contributed by atoms with Crippen LogP contribution in [0.5, 0.6) is 0 Å². The van der Waals surface area contributed by atoms with Crippen molar-refractivity contribution in [2.45, 2.75) is 37.1 Å². The highest BCUT2D eigenvalue weighted by Crippen LogP contribution is 2.35. The zero-order chi connectivity index (χ0) is 25.1. The molecule has 34 heavy (non-hydrogen) atoms.